The monoisotopic (exact) mass is 236 g/mol. The number of alkyl halides is 1. The molecule has 0 bridgehead atoms. The number of rotatable bonds is 3. The van der Waals surface area contributed by atoms with Gasteiger partial charge in [-0.25, -0.2) is 9.47 Å². The Kier molecular flexibility index (Phi) is 5.51. The molecule has 0 heterocycles. The van der Waals surface area contributed by atoms with Crippen molar-refractivity contribution in [2.45, 2.75) is 0 Å². The Labute approximate surface area is 57.8 Å². The lowest BCUT2D eigenvalue weighted by atomic mass is 11.0. The van der Waals surface area contributed by atoms with Crippen molar-refractivity contribution in [1.82, 2.24) is 0 Å². The van der Waals surface area contributed by atoms with E-state index in [9.17, 15) is 4.21 Å². The first-order chi connectivity index (χ1) is 3.31. The van der Waals surface area contributed by atoms with Crippen LogP contribution in [0.3, 0.4) is 0 Å². The van der Waals surface area contributed by atoms with Gasteiger partial charge in [0.15, 0.2) is 11.1 Å². The molecule has 0 aromatic rings. The summed E-state index contributed by atoms with van der Waals surface area (Å²) in [4.78, 5) is 0. The second-order valence-corrected chi connectivity index (χ2v) is 3.01. The molecule has 0 rings (SSSR count). The van der Waals surface area contributed by atoms with E-state index in [1.54, 1.807) is 0 Å². The third kappa shape index (κ3) is 4.66. The van der Waals surface area contributed by atoms with Gasteiger partial charge in [0, 0.05) is 4.43 Å². The molecule has 5 heteroatoms. The SMILES string of the molecule is O=S(CCI)OO. The number of hydrogen-bond donors (Lipinski definition) is 1. The van der Waals surface area contributed by atoms with Crippen molar-refractivity contribution in [1.29, 1.82) is 0 Å². The molecule has 7 heavy (non-hydrogen) atoms. The standard InChI is InChI=1S/C2H5IO3S/c3-1-2-7(5)6-4/h4H,1-2H2. The zero-order valence-corrected chi connectivity index (χ0v) is 6.44. The van der Waals surface area contributed by atoms with Crippen LogP contribution in [-0.2, 0) is 15.4 Å². The molecular weight excluding hydrogens is 231 g/mol. The first kappa shape index (κ1) is 7.80. The molecule has 0 saturated carbocycles. The number of halogens is 1. The van der Waals surface area contributed by atoms with E-state index in [0.717, 1.165) is 4.43 Å². The van der Waals surface area contributed by atoms with Crippen LogP contribution in [0.5, 0.6) is 0 Å². The summed E-state index contributed by atoms with van der Waals surface area (Å²) >= 11 is 0.563. The second kappa shape index (κ2) is 4.95. The highest BCUT2D eigenvalue weighted by molar-refractivity contribution is 14.1. The van der Waals surface area contributed by atoms with Gasteiger partial charge in [0.2, 0.25) is 0 Å². The van der Waals surface area contributed by atoms with E-state index in [0.29, 0.717) is 5.75 Å². The van der Waals surface area contributed by atoms with Gasteiger partial charge in [-0.05, 0) is 0 Å². The number of hydrogen-bond acceptors (Lipinski definition) is 3. The Morgan fingerprint density at radius 3 is 2.57 bits per heavy atom. The highest BCUT2D eigenvalue weighted by Gasteiger charge is 1.92. The van der Waals surface area contributed by atoms with E-state index in [-0.39, 0.29) is 0 Å². The molecule has 44 valence electrons. The van der Waals surface area contributed by atoms with Gasteiger partial charge >= 0.3 is 0 Å². The molecular formula is C2H5IO3S. The highest BCUT2D eigenvalue weighted by Crippen LogP contribution is 1.85. The Morgan fingerprint density at radius 2 is 2.43 bits per heavy atom. The molecule has 3 nitrogen and oxygen atoms in total. The minimum absolute atomic E-state index is 0.386. The lowest BCUT2D eigenvalue weighted by Gasteiger charge is -1.87. The van der Waals surface area contributed by atoms with Gasteiger partial charge in [-0.3, -0.25) is 0 Å². The third-order valence-corrected chi connectivity index (χ3v) is 2.30. The van der Waals surface area contributed by atoms with Crippen molar-refractivity contribution in [3.8, 4) is 0 Å². The molecule has 0 aromatic heterocycles. The molecule has 0 amide bonds. The lowest BCUT2D eigenvalue weighted by molar-refractivity contribution is -0.123. The van der Waals surface area contributed by atoms with Gasteiger partial charge in [-0.2, -0.15) is 0 Å². The van der Waals surface area contributed by atoms with Crippen LogP contribution in [0.25, 0.3) is 0 Å². The maximum atomic E-state index is 10.0. The van der Waals surface area contributed by atoms with Gasteiger partial charge in [0.05, 0.1) is 5.75 Å². The molecule has 0 fully saturated rings. The first-order valence-corrected chi connectivity index (χ1v) is 4.34. The summed E-state index contributed by atoms with van der Waals surface area (Å²) in [6.07, 6.45) is 0. The zero-order valence-electron chi connectivity index (χ0n) is 3.46. The van der Waals surface area contributed by atoms with E-state index in [1.165, 1.54) is 0 Å². The van der Waals surface area contributed by atoms with E-state index < -0.39 is 11.1 Å². The summed E-state index contributed by atoms with van der Waals surface area (Å²) in [6.45, 7) is 0. The van der Waals surface area contributed by atoms with Crippen molar-refractivity contribution in [3.63, 3.8) is 0 Å². The lowest BCUT2D eigenvalue weighted by Crippen LogP contribution is -1.98. The van der Waals surface area contributed by atoms with Crippen LogP contribution in [-0.4, -0.2) is 19.6 Å². The fourth-order valence-electron chi connectivity index (χ4n) is 0.100. The normalized spacial score (nSPS) is 14.0. The molecule has 0 radical (unpaired) electrons. The van der Waals surface area contributed by atoms with E-state index in [2.05, 4.69) is 4.33 Å². The van der Waals surface area contributed by atoms with Gasteiger partial charge in [-0.15, -0.1) is 4.33 Å². The Bertz CT molecular complexity index is 66.0. The molecule has 0 saturated heterocycles. The van der Waals surface area contributed by atoms with E-state index >= 15 is 0 Å². The minimum atomic E-state index is -1.48. The van der Waals surface area contributed by atoms with Crippen LogP contribution < -0.4 is 0 Å². The van der Waals surface area contributed by atoms with E-state index in [4.69, 9.17) is 5.26 Å². The van der Waals surface area contributed by atoms with Crippen molar-refractivity contribution in [2.24, 2.45) is 0 Å². The maximum absolute atomic E-state index is 10.0. The Hall–Kier alpha value is 0.800. The fourth-order valence-corrected chi connectivity index (χ4v) is 1.38. The molecule has 0 spiro atoms. The smallest absolute Gasteiger partial charge is 0.188 e. The second-order valence-electron chi connectivity index (χ2n) is 0.771. The predicted molar refractivity (Wildman–Crippen MR) is 35.6 cm³/mol. The average Bonchev–Trinajstić information content (AvgIpc) is 1.68. The van der Waals surface area contributed by atoms with Gasteiger partial charge < -0.3 is 0 Å². The van der Waals surface area contributed by atoms with Gasteiger partial charge in [0.1, 0.15) is 0 Å². The molecule has 1 N–H and O–H groups in total. The Balaban J connectivity index is 3.00. The third-order valence-electron chi connectivity index (χ3n) is 0.327. The van der Waals surface area contributed by atoms with Crippen LogP contribution >= 0.6 is 22.6 Å². The highest BCUT2D eigenvalue weighted by atomic mass is 127. The van der Waals surface area contributed by atoms with Crippen molar-refractivity contribution >= 4 is 33.7 Å². The molecule has 0 aliphatic rings. The summed E-state index contributed by atoms with van der Waals surface area (Å²) < 4.78 is 14.2. The average molecular weight is 236 g/mol. The quantitative estimate of drug-likeness (QED) is 0.337. The summed E-state index contributed by atoms with van der Waals surface area (Å²) in [5, 5.41) is 7.66. The van der Waals surface area contributed by atoms with Gasteiger partial charge in [0.25, 0.3) is 0 Å². The minimum Gasteiger partial charge on any atom is -0.237 e. The molecule has 0 aliphatic heterocycles. The molecule has 1 unspecified atom stereocenters. The summed E-state index contributed by atoms with van der Waals surface area (Å²) in [6, 6.07) is 0. The molecule has 1 atom stereocenters. The van der Waals surface area contributed by atoms with Crippen molar-refractivity contribution < 1.29 is 13.8 Å². The Morgan fingerprint density at radius 1 is 1.86 bits per heavy atom. The van der Waals surface area contributed by atoms with Crippen LogP contribution in [0.15, 0.2) is 0 Å². The molecule has 0 aliphatic carbocycles. The van der Waals surface area contributed by atoms with Crippen LogP contribution in [0, 0.1) is 0 Å². The first-order valence-electron chi connectivity index (χ1n) is 1.57. The predicted octanol–water partition coefficient (Wildman–Crippen LogP) is 0.575. The molecule has 0 aromatic carbocycles. The summed E-state index contributed by atoms with van der Waals surface area (Å²) in [5.41, 5.74) is 0. The van der Waals surface area contributed by atoms with Crippen LogP contribution in [0.2, 0.25) is 0 Å². The van der Waals surface area contributed by atoms with Crippen molar-refractivity contribution in [3.05, 3.63) is 0 Å². The maximum Gasteiger partial charge on any atom is 0.188 e. The summed E-state index contributed by atoms with van der Waals surface area (Å²) in [5.74, 6) is 0.386. The van der Waals surface area contributed by atoms with Gasteiger partial charge in [-0.1, -0.05) is 22.6 Å². The van der Waals surface area contributed by atoms with Crippen LogP contribution in [0.1, 0.15) is 0 Å². The fraction of sp³-hybridized carbons (Fsp3) is 1.00. The topological polar surface area (TPSA) is 46.5 Å². The van der Waals surface area contributed by atoms with Crippen molar-refractivity contribution in [2.75, 3.05) is 10.2 Å². The van der Waals surface area contributed by atoms with Crippen LogP contribution in [0.4, 0.5) is 0 Å². The largest absolute Gasteiger partial charge is 0.237 e. The van der Waals surface area contributed by atoms with E-state index in [1.807, 2.05) is 22.6 Å². The summed E-state index contributed by atoms with van der Waals surface area (Å²) in [7, 11) is 0. The zero-order chi connectivity index (χ0) is 5.70.